The summed E-state index contributed by atoms with van der Waals surface area (Å²) in [6.45, 7) is 6.31. The molecule has 0 spiro atoms. The molecule has 0 aliphatic heterocycles. The van der Waals surface area contributed by atoms with Crippen molar-refractivity contribution in [3.63, 3.8) is 0 Å². The quantitative estimate of drug-likeness (QED) is 0.794. The van der Waals surface area contributed by atoms with Crippen molar-refractivity contribution < 1.29 is 0 Å². The lowest BCUT2D eigenvalue weighted by Crippen LogP contribution is -2.29. The van der Waals surface area contributed by atoms with Gasteiger partial charge in [0.15, 0.2) is 0 Å². The van der Waals surface area contributed by atoms with Gasteiger partial charge in [0, 0.05) is 18.8 Å². The minimum Gasteiger partial charge on any atom is -0.309 e. The highest BCUT2D eigenvalue weighted by atomic mass is 15.1. The molecule has 3 heteroatoms. The van der Waals surface area contributed by atoms with E-state index in [1.807, 2.05) is 12.3 Å². The maximum atomic E-state index is 4.37. The van der Waals surface area contributed by atoms with Crippen LogP contribution in [0, 0.1) is 6.92 Å². The highest BCUT2D eigenvalue weighted by Gasteiger charge is 2.04. The summed E-state index contributed by atoms with van der Waals surface area (Å²) < 4.78 is 0. The van der Waals surface area contributed by atoms with Crippen molar-refractivity contribution in [3.8, 4) is 0 Å². The Bertz CT molecular complexity index is 310. The molecule has 1 N–H and O–H groups in total. The van der Waals surface area contributed by atoms with Gasteiger partial charge in [-0.2, -0.15) is 0 Å². The zero-order valence-corrected chi connectivity index (χ0v) is 10.8. The molecule has 0 saturated heterocycles. The Kier molecular flexibility index (Phi) is 5.43. The number of aryl methyl sites for hydroxylation is 1. The number of nitrogens with one attached hydrogen (secondary N) is 1. The smallest absolute Gasteiger partial charge is 0.0570 e. The van der Waals surface area contributed by atoms with Crippen molar-refractivity contribution in [1.29, 1.82) is 0 Å². The molecule has 0 aliphatic carbocycles. The van der Waals surface area contributed by atoms with Crippen molar-refractivity contribution >= 4 is 0 Å². The van der Waals surface area contributed by atoms with Gasteiger partial charge < -0.3 is 10.2 Å². The molecule has 1 unspecified atom stereocenters. The Hall–Kier alpha value is -0.930. The molecule has 1 rings (SSSR count). The van der Waals surface area contributed by atoms with Crippen LogP contribution in [0.3, 0.4) is 0 Å². The van der Waals surface area contributed by atoms with E-state index in [-0.39, 0.29) is 0 Å². The fourth-order valence-corrected chi connectivity index (χ4v) is 1.53. The number of rotatable bonds is 6. The first-order valence-corrected chi connectivity index (χ1v) is 5.88. The second kappa shape index (κ2) is 6.61. The molecular formula is C13H23N3. The maximum Gasteiger partial charge on any atom is 0.0570 e. The third-order valence-electron chi connectivity index (χ3n) is 2.75. The second-order valence-electron chi connectivity index (χ2n) is 4.64. The molecule has 16 heavy (non-hydrogen) atoms. The lowest BCUT2D eigenvalue weighted by Gasteiger charge is -2.16. The van der Waals surface area contributed by atoms with E-state index < -0.39 is 0 Å². The fourth-order valence-electron chi connectivity index (χ4n) is 1.53. The Balaban J connectivity index is 2.31. The minimum absolute atomic E-state index is 0.531. The molecule has 1 aromatic heterocycles. The molecule has 0 fully saturated rings. The van der Waals surface area contributed by atoms with Crippen molar-refractivity contribution in [2.24, 2.45) is 0 Å². The van der Waals surface area contributed by atoms with Crippen LogP contribution in [0.4, 0.5) is 0 Å². The van der Waals surface area contributed by atoms with Gasteiger partial charge in [0.05, 0.1) is 5.69 Å². The summed E-state index contributed by atoms with van der Waals surface area (Å²) >= 11 is 0. The Morgan fingerprint density at radius 1 is 1.44 bits per heavy atom. The van der Waals surface area contributed by atoms with Gasteiger partial charge in [-0.1, -0.05) is 6.07 Å². The van der Waals surface area contributed by atoms with E-state index in [4.69, 9.17) is 0 Å². The van der Waals surface area contributed by atoms with E-state index >= 15 is 0 Å². The topological polar surface area (TPSA) is 28.2 Å². The molecule has 1 heterocycles. The highest BCUT2D eigenvalue weighted by Crippen LogP contribution is 2.03. The van der Waals surface area contributed by atoms with E-state index in [2.05, 4.69) is 49.2 Å². The number of hydrogen-bond donors (Lipinski definition) is 1. The van der Waals surface area contributed by atoms with Crippen molar-refractivity contribution in [3.05, 3.63) is 29.6 Å². The first-order valence-electron chi connectivity index (χ1n) is 5.88. The lowest BCUT2D eigenvalue weighted by molar-refractivity contribution is 0.365. The van der Waals surface area contributed by atoms with Gasteiger partial charge in [-0.25, -0.2) is 0 Å². The number of nitrogens with zero attached hydrogens (tertiary/aromatic N) is 2. The average molecular weight is 221 g/mol. The normalized spacial score (nSPS) is 13.1. The molecule has 0 amide bonds. The van der Waals surface area contributed by atoms with Crippen LogP contribution in [0.25, 0.3) is 0 Å². The van der Waals surface area contributed by atoms with Crippen LogP contribution in [0.5, 0.6) is 0 Å². The summed E-state index contributed by atoms with van der Waals surface area (Å²) in [4.78, 5) is 6.59. The first kappa shape index (κ1) is 13.1. The highest BCUT2D eigenvalue weighted by molar-refractivity contribution is 5.17. The van der Waals surface area contributed by atoms with E-state index in [1.54, 1.807) is 0 Å². The van der Waals surface area contributed by atoms with Crippen LogP contribution in [0.1, 0.15) is 24.6 Å². The Morgan fingerprint density at radius 2 is 2.19 bits per heavy atom. The van der Waals surface area contributed by atoms with Crippen molar-refractivity contribution in [2.75, 3.05) is 20.6 Å². The molecule has 0 aromatic carbocycles. The molecule has 0 radical (unpaired) electrons. The van der Waals surface area contributed by atoms with E-state index in [0.29, 0.717) is 6.04 Å². The van der Waals surface area contributed by atoms with Gasteiger partial charge in [0.1, 0.15) is 0 Å². The van der Waals surface area contributed by atoms with Crippen LogP contribution < -0.4 is 5.32 Å². The molecule has 90 valence electrons. The van der Waals surface area contributed by atoms with E-state index in [9.17, 15) is 0 Å². The first-order chi connectivity index (χ1) is 7.59. The average Bonchev–Trinajstić information content (AvgIpc) is 2.25. The second-order valence-corrected chi connectivity index (χ2v) is 4.64. The summed E-state index contributed by atoms with van der Waals surface area (Å²) in [5, 5.41) is 3.51. The van der Waals surface area contributed by atoms with Gasteiger partial charge >= 0.3 is 0 Å². The number of hydrogen-bond acceptors (Lipinski definition) is 3. The van der Waals surface area contributed by atoms with Gasteiger partial charge in [0.25, 0.3) is 0 Å². The Labute approximate surface area is 98.9 Å². The molecule has 0 aliphatic rings. The number of aromatic nitrogens is 1. The third kappa shape index (κ3) is 4.73. The molecule has 1 aromatic rings. The molecule has 3 nitrogen and oxygen atoms in total. The van der Waals surface area contributed by atoms with Crippen LogP contribution in [-0.4, -0.2) is 36.6 Å². The molecule has 0 bridgehead atoms. The van der Waals surface area contributed by atoms with Gasteiger partial charge in [-0.05, 0) is 52.5 Å². The van der Waals surface area contributed by atoms with Gasteiger partial charge in [0.2, 0.25) is 0 Å². The summed E-state index contributed by atoms with van der Waals surface area (Å²) in [5.74, 6) is 0. The zero-order chi connectivity index (χ0) is 12.0. The van der Waals surface area contributed by atoms with Crippen LogP contribution in [-0.2, 0) is 6.54 Å². The van der Waals surface area contributed by atoms with Gasteiger partial charge in [-0.3, -0.25) is 4.98 Å². The molecular weight excluding hydrogens is 198 g/mol. The molecule has 1 atom stereocenters. The summed E-state index contributed by atoms with van der Waals surface area (Å²) in [7, 11) is 4.21. The van der Waals surface area contributed by atoms with Crippen LogP contribution >= 0.6 is 0 Å². The Morgan fingerprint density at radius 3 is 2.81 bits per heavy atom. The van der Waals surface area contributed by atoms with Crippen molar-refractivity contribution in [1.82, 2.24) is 15.2 Å². The van der Waals surface area contributed by atoms with Crippen LogP contribution in [0.15, 0.2) is 18.3 Å². The predicted octanol–water partition coefficient (Wildman–Crippen LogP) is 1.82. The summed E-state index contributed by atoms with van der Waals surface area (Å²) in [6, 6.07) is 4.62. The maximum absolute atomic E-state index is 4.37. The fraction of sp³-hybridized carbons (Fsp3) is 0.615. The van der Waals surface area contributed by atoms with E-state index in [0.717, 1.165) is 18.8 Å². The minimum atomic E-state index is 0.531. The summed E-state index contributed by atoms with van der Waals surface area (Å²) in [5.41, 5.74) is 2.41. The third-order valence-corrected chi connectivity index (χ3v) is 2.75. The van der Waals surface area contributed by atoms with Crippen molar-refractivity contribution in [2.45, 2.75) is 32.9 Å². The predicted molar refractivity (Wildman–Crippen MR) is 68.4 cm³/mol. The zero-order valence-electron chi connectivity index (χ0n) is 10.8. The SMILES string of the molecule is Cc1cccnc1CNC(C)CCN(C)C. The summed E-state index contributed by atoms with van der Waals surface area (Å²) in [6.07, 6.45) is 3.02. The lowest BCUT2D eigenvalue weighted by atomic mass is 10.2. The standard InChI is InChI=1S/C13H23N3/c1-11-6-5-8-14-13(11)10-15-12(2)7-9-16(3)4/h5-6,8,12,15H,7,9-10H2,1-4H3. The molecule has 0 saturated carbocycles. The van der Waals surface area contributed by atoms with E-state index in [1.165, 1.54) is 12.0 Å². The monoisotopic (exact) mass is 221 g/mol. The largest absolute Gasteiger partial charge is 0.309 e. The van der Waals surface area contributed by atoms with Gasteiger partial charge in [-0.15, -0.1) is 0 Å². The number of pyridine rings is 1. The van der Waals surface area contributed by atoms with Crippen LogP contribution in [0.2, 0.25) is 0 Å².